The molecule has 1 N–H and O–H groups in total. The van der Waals surface area contributed by atoms with Crippen molar-refractivity contribution in [1.82, 2.24) is 4.90 Å². The molecule has 2 amide bonds. The molecule has 1 aliphatic carbocycles. The van der Waals surface area contributed by atoms with E-state index in [2.05, 4.69) is 53.5 Å². The van der Waals surface area contributed by atoms with Crippen LogP contribution in [0.2, 0.25) is 0 Å². The molecule has 3 aromatic carbocycles. The van der Waals surface area contributed by atoms with E-state index in [1.54, 1.807) is 0 Å². The van der Waals surface area contributed by atoms with Gasteiger partial charge in [-0.2, -0.15) is 0 Å². The smallest absolute Gasteiger partial charge is 0.237 e. The first-order chi connectivity index (χ1) is 15.5. The number of hydrogen-bond acceptors (Lipinski definition) is 3. The molecule has 1 atom stereocenters. The van der Waals surface area contributed by atoms with Crippen LogP contribution in [0, 0.1) is 0 Å². The van der Waals surface area contributed by atoms with Crippen molar-refractivity contribution in [3.63, 3.8) is 0 Å². The van der Waals surface area contributed by atoms with Gasteiger partial charge in [0.2, 0.25) is 11.8 Å². The Morgan fingerprint density at radius 2 is 1.69 bits per heavy atom. The first-order valence-corrected chi connectivity index (χ1v) is 11.5. The lowest BCUT2D eigenvalue weighted by molar-refractivity contribution is -0.125. The highest BCUT2D eigenvalue weighted by Crippen LogP contribution is 2.44. The Labute approximate surface area is 188 Å². The summed E-state index contributed by atoms with van der Waals surface area (Å²) in [5.41, 5.74) is 4.11. The average molecular weight is 426 g/mol. The minimum Gasteiger partial charge on any atom is -0.324 e. The van der Waals surface area contributed by atoms with Crippen LogP contribution in [0.1, 0.15) is 43.4 Å². The topological polar surface area (TPSA) is 52.7 Å². The van der Waals surface area contributed by atoms with Gasteiger partial charge in [0.25, 0.3) is 0 Å². The highest BCUT2D eigenvalue weighted by Gasteiger charge is 2.43. The molecule has 0 radical (unpaired) electrons. The molecule has 1 fully saturated rings. The van der Waals surface area contributed by atoms with Crippen LogP contribution in [0.25, 0.3) is 10.8 Å². The zero-order chi connectivity index (χ0) is 21.9. The molecule has 32 heavy (non-hydrogen) atoms. The third-order valence-corrected chi connectivity index (χ3v) is 7.63. The number of amides is 2. The van der Waals surface area contributed by atoms with E-state index in [1.807, 2.05) is 29.2 Å². The second-order valence-corrected chi connectivity index (χ2v) is 9.59. The summed E-state index contributed by atoms with van der Waals surface area (Å²) in [4.78, 5) is 29.9. The van der Waals surface area contributed by atoms with Crippen molar-refractivity contribution in [2.24, 2.45) is 0 Å². The molecule has 2 aliphatic heterocycles. The van der Waals surface area contributed by atoms with Gasteiger partial charge in [0.1, 0.15) is 6.42 Å². The second-order valence-electron chi connectivity index (χ2n) is 9.59. The largest absolute Gasteiger partial charge is 0.324 e. The fourth-order valence-electron chi connectivity index (χ4n) is 5.99. The minimum atomic E-state index is -0.312. The van der Waals surface area contributed by atoms with Crippen molar-refractivity contribution in [1.29, 1.82) is 0 Å². The lowest BCUT2D eigenvalue weighted by atomic mass is 9.85. The molecule has 1 saturated heterocycles. The number of nitrogens with one attached hydrogen (secondary N) is 1. The van der Waals surface area contributed by atoms with Crippen molar-refractivity contribution >= 4 is 34.0 Å². The summed E-state index contributed by atoms with van der Waals surface area (Å²) in [7, 11) is 0. The number of benzene rings is 3. The lowest BCUT2D eigenvalue weighted by Crippen LogP contribution is -2.56. The third kappa shape index (κ3) is 2.95. The van der Waals surface area contributed by atoms with Gasteiger partial charge in [0, 0.05) is 24.7 Å². The van der Waals surface area contributed by atoms with Crippen LogP contribution in [0.5, 0.6) is 0 Å². The molecule has 0 bridgehead atoms. The molecule has 0 spiro atoms. The van der Waals surface area contributed by atoms with Gasteiger partial charge < -0.3 is 10.2 Å². The van der Waals surface area contributed by atoms with E-state index in [0.29, 0.717) is 6.04 Å². The van der Waals surface area contributed by atoms with Crippen LogP contribution in [-0.2, 0) is 16.0 Å². The normalized spacial score (nSPS) is 22.5. The van der Waals surface area contributed by atoms with Gasteiger partial charge in [0.15, 0.2) is 0 Å². The van der Waals surface area contributed by atoms with E-state index in [4.69, 9.17) is 0 Å². The summed E-state index contributed by atoms with van der Waals surface area (Å²) in [6, 6.07) is 21.3. The van der Waals surface area contributed by atoms with Gasteiger partial charge in [-0.3, -0.25) is 14.5 Å². The Bertz CT molecular complexity index is 1240. The van der Waals surface area contributed by atoms with Crippen LogP contribution in [0.4, 0.5) is 11.4 Å². The van der Waals surface area contributed by atoms with E-state index in [1.165, 1.54) is 21.9 Å². The minimum absolute atomic E-state index is 0.103. The molecule has 2 heterocycles. The van der Waals surface area contributed by atoms with E-state index >= 15 is 0 Å². The fourth-order valence-corrected chi connectivity index (χ4v) is 5.99. The Morgan fingerprint density at radius 1 is 0.938 bits per heavy atom. The first kappa shape index (κ1) is 19.5. The number of fused-ring (bicyclic) bond motifs is 1. The maximum Gasteiger partial charge on any atom is 0.237 e. The Balaban J connectivity index is 1.28. The number of rotatable bonds is 2. The van der Waals surface area contributed by atoms with Crippen LogP contribution >= 0.6 is 0 Å². The van der Waals surface area contributed by atoms with Gasteiger partial charge in [-0.05, 0) is 60.2 Å². The van der Waals surface area contributed by atoms with Crippen molar-refractivity contribution in [2.75, 3.05) is 23.3 Å². The molecular formula is C27H27N3O2. The van der Waals surface area contributed by atoms with Crippen molar-refractivity contribution in [3.05, 3.63) is 71.8 Å². The highest BCUT2D eigenvalue weighted by atomic mass is 16.2. The quantitative estimate of drug-likeness (QED) is 0.607. The molecule has 5 nitrogen and oxygen atoms in total. The molecule has 0 aromatic heterocycles. The SMILES string of the molecule is CC1(N2C(=O)CC(=O)Nc3ccccc32)CCN(C2Cc3cccc4cccc2c34)CC1. The summed E-state index contributed by atoms with van der Waals surface area (Å²) < 4.78 is 0. The molecular weight excluding hydrogens is 398 g/mol. The Kier molecular flexibility index (Phi) is 4.37. The number of piperidine rings is 1. The predicted molar refractivity (Wildman–Crippen MR) is 127 cm³/mol. The molecule has 5 heteroatoms. The lowest BCUT2D eigenvalue weighted by Gasteiger charge is -2.48. The number of hydrogen-bond donors (Lipinski definition) is 1. The van der Waals surface area contributed by atoms with E-state index in [9.17, 15) is 9.59 Å². The summed E-state index contributed by atoms with van der Waals surface area (Å²) in [6.07, 6.45) is 2.71. The molecule has 0 saturated carbocycles. The summed E-state index contributed by atoms with van der Waals surface area (Å²) in [6.45, 7) is 4.04. The van der Waals surface area contributed by atoms with E-state index in [-0.39, 0.29) is 23.8 Å². The summed E-state index contributed by atoms with van der Waals surface area (Å²) >= 11 is 0. The van der Waals surface area contributed by atoms with Gasteiger partial charge in [0.05, 0.1) is 11.4 Å². The maximum absolute atomic E-state index is 13.2. The molecule has 3 aliphatic rings. The van der Waals surface area contributed by atoms with Gasteiger partial charge in [-0.1, -0.05) is 48.5 Å². The molecule has 6 rings (SSSR count). The van der Waals surface area contributed by atoms with Gasteiger partial charge >= 0.3 is 0 Å². The fraction of sp³-hybridized carbons (Fsp3) is 0.333. The van der Waals surface area contributed by atoms with Crippen LogP contribution in [0.3, 0.4) is 0 Å². The number of carbonyl (C=O) groups excluding carboxylic acids is 2. The van der Waals surface area contributed by atoms with Crippen molar-refractivity contribution in [2.45, 2.75) is 44.2 Å². The molecule has 3 aromatic rings. The summed E-state index contributed by atoms with van der Waals surface area (Å²) in [5.74, 6) is -0.343. The Morgan fingerprint density at radius 3 is 2.50 bits per heavy atom. The first-order valence-electron chi connectivity index (χ1n) is 11.5. The van der Waals surface area contributed by atoms with Crippen LogP contribution in [-0.4, -0.2) is 35.3 Å². The van der Waals surface area contributed by atoms with E-state index < -0.39 is 0 Å². The summed E-state index contributed by atoms with van der Waals surface area (Å²) in [5, 5.41) is 5.65. The zero-order valence-corrected chi connectivity index (χ0v) is 18.3. The molecule has 162 valence electrons. The van der Waals surface area contributed by atoms with Gasteiger partial charge in [-0.15, -0.1) is 0 Å². The Hall–Kier alpha value is -3.18. The number of likely N-dealkylation sites (tertiary alicyclic amines) is 1. The third-order valence-electron chi connectivity index (χ3n) is 7.63. The van der Waals surface area contributed by atoms with Gasteiger partial charge in [-0.25, -0.2) is 0 Å². The maximum atomic E-state index is 13.2. The van der Waals surface area contributed by atoms with Crippen LogP contribution in [0.15, 0.2) is 60.7 Å². The second kappa shape index (κ2) is 7.17. The monoisotopic (exact) mass is 425 g/mol. The number of carbonyl (C=O) groups is 2. The number of anilines is 2. The predicted octanol–water partition coefficient (Wildman–Crippen LogP) is 4.67. The van der Waals surface area contributed by atoms with E-state index in [0.717, 1.165) is 43.7 Å². The van der Waals surface area contributed by atoms with Crippen LogP contribution < -0.4 is 10.2 Å². The zero-order valence-electron chi connectivity index (χ0n) is 18.3. The standard InChI is InChI=1S/C27H27N3O2/c1-27(30-22-11-3-2-10-21(22)28-24(31)17-25(30)32)12-14-29(15-13-27)23-16-19-8-4-6-18-7-5-9-20(23)26(18)19/h2-11,23H,12-17H2,1H3,(H,28,31). The van der Waals surface area contributed by atoms with Crippen molar-refractivity contribution in [3.8, 4) is 0 Å². The number of para-hydroxylation sites is 2. The molecule has 1 unspecified atom stereocenters. The average Bonchev–Trinajstić information content (AvgIpc) is 3.09. The van der Waals surface area contributed by atoms with Crippen molar-refractivity contribution < 1.29 is 9.59 Å². The highest BCUT2D eigenvalue weighted by molar-refractivity contribution is 6.14. The number of nitrogens with zero attached hydrogens (tertiary/aromatic N) is 2.